The van der Waals surface area contributed by atoms with Crippen LogP contribution in [0.2, 0.25) is 0 Å². The summed E-state index contributed by atoms with van der Waals surface area (Å²) >= 11 is 1.78. The number of nitrogens with zero attached hydrogens (tertiary/aromatic N) is 3. The lowest BCUT2D eigenvalue weighted by Gasteiger charge is -2.13. The number of hydrogen-bond donors (Lipinski definition) is 1. The fraction of sp³-hybridized carbons (Fsp3) is 0.538. The molecule has 1 atom stereocenters. The molecule has 98 valence electrons. The molecule has 0 amide bonds. The highest BCUT2D eigenvalue weighted by Gasteiger charge is 2.17. The molecule has 2 aromatic heterocycles. The highest BCUT2D eigenvalue weighted by atomic mass is 32.1. The van der Waals surface area contributed by atoms with E-state index >= 15 is 0 Å². The van der Waals surface area contributed by atoms with Crippen molar-refractivity contribution in [1.29, 1.82) is 0 Å². The topological polar surface area (TPSA) is 42.7 Å². The number of aryl methyl sites for hydroxylation is 3. The van der Waals surface area contributed by atoms with Gasteiger partial charge < -0.3 is 5.32 Å². The van der Waals surface area contributed by atoms with E-state index in [0.717, 1.165) is 23.7 Å². The second kappa shape index (κ2) is 5.63. The predicted octanol–water partition coefficient (Wildman–Crippen LogP) is 2.48. The van der Waals surface area contributed by atoms with Gasteiger partial charge >= 0.3 is 0 Å². The van der Waals surface area contributed by atoms with E-state index in [0.29, 0.717) is 6.04 Å². The second-order valence-corrected chi connectivity index (χ2v) is 5.67. The number of rotatable bonds is 5. The van der Waals surface area contributed by atoms with Gasteiger partial charge in [0.1, 0.15) is 0 Å². The van der Waals surface area contributed by atoms with Crippen molar-refractivity contribution in [3.05, 3.63) is 33.5 Å². The molecule has 2 heterocycles. The average molecular weight is 264 g/mol. The van der Waals surface area contributed by atoms with Crippen LogP contribution >= 0.6 is 11.3 Å². The summed E-state index contributed by atoms with van der Waals surface area (Å²) in [6.45, 7) is 7.16. The number of thiazole rings is 1. The van der Waals surface area contributed by atoms with E-state index in [4.69, 9.17) is 0 Å². The molecule has 0 bridgehead atoms. The van der Waals surface area contributed by atoms with Crippen LogP contribution in [0.15, 0.2) is 12.4 Å². The minimum Gasteiger partial charge on any atom is -0.312 e. The van der Waals surface area contributed by atoms with E-state index in [1.165, 1.54) is 10.4 Å². The fourth-order valence-corrected chi connectivity index (χ4v) is 3.15. The number of likely N-dealkylation sites (N-methyl/N-ethyl adjacent to an activating group) is 1. The summed E-state index contributed by atoms with van der Waals surface area (Å²) in [5.41, 5.74) is 2.40. The number of aromatic nitrogens is 3. The SMILES string of the molecule is CCn1cc(CC(NC)c2sc(C)nc2C)cn1. The molecule has 1 N–H and O–H groups in total. The van der Waals surface area contributed by atoms with Gasteiger partial charge in [0.25, 0.3) is 0 Å². The Morgan fingerprint density at radius 3 is 2.72 bits per heavy atom. The summed E-state index contributed by atoms with van der Waals surface area (Å²) in [7, 11) is 2.00. The summed E-state index contributed by atoms with van der Waals surface area (Å²) in [5, 5.41) is 8.83. The molecule has 4 nitrogen and oxygen atoms in total. The lowest BCUT2D eigenvalue weighted by atomic mass is 10.1. The van der Waals surface area contributed by atoms with Crippen molar-refractivity contribution in [2.45, 2.75) is 39.8 Å². The van der Waals surface area contributed by atoms with Gasteiger partial charge in [0.05, 0.1) is 16.9 Å². The van der Waals surface area contributed by atoms with Crippen LogP contribution in [-0.4, -0.2) is 21.8 Å². The van der Waals surface area contributed by atoms with Crippen LogP contribution in [0, 0.1) is 13.8 Å². The first-order chi connectivity index (χ1) is 8.63. The summed E-state index contributed by atoms with van der Waals surface area (Å²) in [6, 6.07) is 0.325. The molecule has 2 aromatic rings. The maximum Gasteiger partial charge on any atom is 0.0900 e. The van der Waals surface area contributed by atoms with Gasteiger partial charge in [-0.1, -0.05) is 0 Å². The number of nitrogens with one attached hydrogen (secondary N) is 1. The maximum atomic E-state index is 4.50. The van der Waals surface area contributed by atoms with Crippen molar-refractivity contribution in [2.75, 3.05) is 7.05 Å². The van der Waals surface area contributed by atoms with Crippen molar-refractivity contribution in [3.63, 3.8) is 0 Å². The molecule has 0 aliphatic heterocycles. The molecule has 0 aliphatic rings. The van der Waals surface area contributed by atoms with Crippen LogP contribution in [0.5, 0.6) is 0 Å². The summed E-state index contributed by atoms with van der Waals surface area (Å²) < 4.78 is 1.97. The molecular formula is C13H20N4S. The van der Waals surface area contributed by atoms with Gasteiger partial charge in [0.2, 0.25) is 0 Å². The lowest BCUT2D eigenvalue weighted by Crippen LogP contribution is -2.18. The highest BCUT2D eigenvalue weighted by Crippen LogP contribution is 2.27. The zero-order chi connectivity index (χ0) is 13.1. The average Bonchev–Trinajstić information content (AvgIpc) is 2.92. The lowest BCUT2D eigenvalue weighted by molar-refractivity contribution is 0.596. The monoisotopic (exact) mass is 264 g/mol. The molecule has 2 rings (SSSR count). The van der Waals surface area contributed by atoms with Crippen molar-refractivity contribution >= 4 is 11.3 Å². The van der Waals surface area contributed by atoms with Gasteiger partial charge in [-0.25, -0.2) is 4.98 Å². The molecule has 0 spiro atoms. The molecule has 0 aromatic carbocycles. The van der Waals surface area contributed by atoms with Gasteiger partial charge in [-0.3, -0.25) is 4.68 Å². The van der Waals surface area contributed by atoms with Gasteiger partial charge in [-0.05, 0) is 39.8 Å². The number of hydrogen-bond acceptors (Lipinski definition) is 4. The third-order valence-electron chi connectivity index (χ3n) is 3.05. The first-order valence-corrected chi connectivity index (χ1v) is 7.08. The Bertz CT molecular complexity index is 515. The Balaban J connectivity index is 2.16. The molecule has 0 aliphatic carbocycles. The van der Waals surface area contributed by atoms with E-state index in [9.17, 15) is 0 Å². The predicted molar refractivity (Wildman–Crippen MR) is 75.0 cm³/mol. The third-order valence-corrected chi connectivity index (χ3v) is 4.24. The smallest absolute Gasteiger partial charge is 0.0900 e. The third kappa shape index (κ3) is 2.79. The normalized spacial score (nSPS) is 12.9. The minimum absolute atomic E-state index is 0.325. The van der Waals surface area contributed by atoms with Crippen LogP contribution in [0.1, 0.15) is 34.1 Å². The molecule has 0 fully saturated rings. The molecule has 5 heteroatoms. The molecule has 1 unspecified atom stereocenters. The van der Waals surface area contributed by atoms with E-state index in [1.807, 2.05) is 17.9 Å². The Morgan fingerprint density at radius 1 is 1.44 bits per heavy atom. The maximum absolute atomic E-state index is 4.50. The molecule has 0 saturated carbocycles. The Hall–Kier alpha value is -1.20. The largest absolute Gasteiger partial charge is 0.312 e. The van der Waals surface area contributed by atoms with E-state index < -0.39 is 0 Å². The Kier molecular flexibility index (Phi) is 4.14. The molecule has 0 radical (unpaired) electrons. The van der Waals surface area contributed by atoms with Gasteiger partial charge in [0.15, 0.2) is 0 Å². The first kappa shape index (κ1) is 13.2. The van der Waals surface area contributed by atoms with E-state index in [2.05, 4.69) is 42.4 Å². The van der Waals surface area contributed by atoms with Crippen LogP contribution in [-0.2, 0) is 13.0 Å². The van der Waals surface area contributed by atoms with Crippen molar-refractivity contribution in [1.82, 2.24) is 20.1 Å². The summed E-state index contributed by atoms with van der Waals surface area (Å²) in [5.74, 6) is 0. The highest BCUT2D eigenvalue weighted by molar-refractivity contribution is 7.11. The quantitative estimate of drug-likeness (QED) is 0.902. The first-order valence-electron chi connectivity index (χ1n) is 6.26. The molecular weight excluding hydrogens is 244 g/mol. The van der Waals surface area contributed by atoms with Gasteiger partial charge in [0, 0.05) is 23.7 Å². The van der Waals surface area contributed by atoms with Crippen LogP contribution < -0.4 is 5.32 Å². The van der Waals surface area contributed by atoms with E-state index in [-0.39, 0.29) is 0 Å². The minimum atomic E-state index is 0.325. The van der Waals surface area contributed by atoms with Crippen LogP contribution in [0.25, 0.3) is 0 Å². The van der Waals surface area contributed by atoms with Crippen LogP contribution in [0.4, 0.5) is 0 Å². The standard InChI is InChI=1S/C13H20N4S/c1-5-17-8-11(7-15-17)6-12(14-4)13-9(2)16-10(3)18-13/h7-8,12,14H,5-6H2,1-4H3. The summed E-state index contributed by atoms with van der Waals surface area (Å²) in [6.07, 6.45) is 5.03. The van der Waals surface area contributed by atoms with Crippen molar-refractivity contribution in [3.8, 4) is 0 Å². The van der Waals surface area contributed by atoms with Crippen molar-refractivity contribution < 1.29 is 0 Å². The van der Waals surface area contributed by atoms with Gasteiger partial charge in [-0.2, -0.15) is 5.10 Å². The van der Waals surface area contributed by atoms with Crippen LogP contribution in [0.3, 0.4) is 0 Å². The Morgan fingerprint density at radius 2 is 2.22 bits per heavy atom. The zero-order valence-electron chi connectivity index (χ0n) is 11.4. The van der Waals surface area contributed by atoms with Gasteiger partial charge in [-0.15, -0.1) is 11.3 Å². The fourth-order valence-electron chi connectivity index (χ4n) is 2.12. The molecule has 18 heavy (non-hydrogen) atoms. The Labute approximate surface area is 112 Å². The van der Waals surface area contributed by atoms with Crippen molar-refractivity contribution in [2.24, 2.45) is 0 Å². The van der Waals surface area contributed by atoms with E-state index in [1.54, 1.807) is 11.3 Å². The second-order valence-electron chi connectivity index (χ2n) is 4.43. The zero-order valence-corrected chi connectivity index (χ0v) is 12.2. The molecule has 0 saturated heterocycles. The summed E-state index contributed by atoms with van der Waals surface area (Å²) in [4.78, 5) is 5.83.